The number of aromatic nitrogens is 2. The van der Waals surface area contributed by atoms with E-state index in [9.17, 15) is 38.1 Å². The number of phosphoric ester groups is 1. The van der Waals surface area contributed by atoms with E-state index < -0.39 is 81.6 Å². The molecular formula is C23H37FN3O12P. The minimum Gasteiger partial charge on any atom is -0.438 e. The summed E-state index contributed by atoms with van der Waals surface area (Å²) in [5.41, 5.74) is -4.19. The van der Waals surface area contributed by atoms with Crippen molar-refractivity contribution in [3.05, 3.63) is 38.0 Å². The van der Waals surface area contributed by atoms with Gasteiger partial charge in [0.2, 0.25) is 6.79 Å². The van der Waals surface area contributed by atoms with Crippen LogP contribution in [0.3, 0.4) is 0 Å². The summed E-state index contributed by atoms with van der Waals surface area (Å²) in [6.07, 6.45) is -4.26. The van der Waals surface area contributed by atoms with Gasteiger partial charge in [0.05, 0.1) is 18.6 Å². The van der Waals surface area contributed by atoms with Gasteiger partial charge < -0.3 is 14.6 Å². The number of alkyl halides is 1. The van der Waals surface area contributed by atoms with Crippen LogP contribution in [-0.2, 0) is 37.2 Å². The van der Waals surface area contributed by atoms with Gasteiger partial charge in [-0.1, -0.05) is 32.9 Å². The van der Waals surface area contributed by atoms with Crippen molar-refractivity contribution in [2.45, 2.75) is 72.0 Å². The Balaban J connectivity index is 3.33. The molecule has 0 fully saturated rings. The number of aliphatic hydroxyl groups is 1. The molecule has 5 atom stereocenters. The van der Waals surface area contributed by atoms with Crippen molar-refractivity contribution in [2.24, 2.45) is 17.0 Å². The topological polar surface area (TPSA) is 202 Å². The van der Waals surface area contributed by atoms with E-state index in [4.69, 9.17) is 23.0 Å². The predicted octanol–water partition coefficient (Wildman–Crippen LogP) is 2.23. The summed E-state index contributed by atoms with van der Waals surface area (Å²) < 4.78 is 55.2. The average molecular weight is 598 g/mol. The SMILES string of the molecule is CC(C)C(=O)CCOP(=O)(OCOC(=O)C(C)C)O[C@@H](C)[C@@](CF)(O[C@H](CN=O)n1ccc(=O)[nH]c1=O)[C@H](C)O. The highest BCUT2D eigenvalue weighted by Gasteiger charge is 2.49. The summed E-state index contributed by atoms with van der Waals surface area (Å²) in [6, 6.07) is 0.939. The number of ether oxygens (including phenoxy) is 2. The zero-order chi connectivity index (χ0) is 30.7. The maximum absolute atomic E-state index is 14.7. The van der Waals surface area contributed by atoms with Crippen LogP contribution >= 0.6 is 7.82 Å². The first kappa shape index (κ1) is 35.4. The normalized spacial score (nSPS) is 17.1. The number of nitrogens with one attached hydrogen (secondary N) is 1. The molecule has 0 aliphatic carbocycles. The number of carbonyl (C=O) groups excluding carboxylic acids is 2. The Hall–Kier alpha value is -2.62. The van der Waals surface area contributed by atoms with E-state index in [-0.39, 0.29) is 18.1 Å². The van der Waals surface area contributed by atoms with Crippen LogP contribution in [0, 0.1) is 16.7 Å². The van der Waals surface area contributed by atoms with Gasteiger partial charge in [0.25, 0.3) is 5.56 Å². The number of H-pyrrole nitrogens is 1. The Bertz CT molecular complexity index is 1120. The van der Waals surface area contributed by atoms with Gasteiger partial charge in [-0.3, -0.25) is 33.0 Å². The Kier molecular flexibility index (Phi) is 14.1. The van der Waals surface area contributed by atoms with E-state index in [1.54, 1.807) is 27.7 Å². The first-order valence-corrected chi connectivity index (χ1v) is 13.9. The second kappa shape index (κ2) is 16.0. The summed E-state index contributed by atoms with van der Waals surface area (Å²) in [7, 11) is -4.73. The van der Waals surface area contributed by atoms with E-state index in [2.05, 4.69) is 5.18 Å². The van der Waals surface area contributed by atoms with E-state index in [0.29, 0.717) is 0 Å². The van der Waals surface area contributed by atoms with Gasteiger partial charge in [-0.2, -0.15) is 4.91 Å². The highest BCUT2D eigenvalue weighted by Crippen LogP contribution is 2.52. The third-order valence-electron chi connectivity index (χ3n) is 5.76. The van der Waals surface area contributed by atoms with Gasteiger partial charge in [-0.05, 0) is 13.8 Å². The molecule has 0 amide bonds. The number of nitroso groups, excluding NO2 is 1. The molecule has 1 heterocycles. The first-order valence-electron chi connectivity index (χ1n) is 12.4. The summed E-state index contributed by atoms with van der Waals surface area (Å²) >= 11 is 0. The van der Waals surface area contributed by atoms with Crippen molar-refractivity contribution >= 4 is 19.6 Å². The van der Waals surface area contributed by atoms with Crippen molar-refractivity contribution in [2.75, 3.05) is 26.6 Å². The van der Waals surface area contributed by atoms with Gasteiger partial charge in [0.15, 0.2) is 11.8 Å². The number of ketones is 1. The lowest BCUT2D eigenvalue weighted by Gasteiger charge is -2.41. The molecule has 0 spiro atoms. The number of aromatic amines is 1. The minimum atomic E-state index is -4.73. The fraction of sp³-hybridized carbons (Fsp3) is 0.739. The highest BCUT2D eigenvalue weighted by atomic mass is 31.2. The molecule has 1 aromatic heterocycles. The molecule has 228 valence electrons. The lowest BCUT2D eigenvalue weighted by Crippen LogP contribution is -2.56. The van der Waals surface area contributed by atoms with Crippen LogP contribution in [0.2, 0.25) is 0 Å². The Morgan fingerprint density at radius 1 is 1.15 bits per heavy atom. The number of nitrogens with zero attached hydrogens (tertiary/aromatic N) is 2. The van der Waals surface area contributed by atoms with E-state index in [0.717, 1.165) is 30.7 Å². The van der Waals surface area contributed by atoms with E-state index >= 15 is 0 Å². The fourth-order valence-electron chi connectivity index (χ4n) is 3.18. The molecule has 1 rings (SSSR count). The van der Waals surface area contributed by atoms with Crippen LogP contribution in [0.25, 0.3) is 0 Å². The maximum atomic E-state index is 14.7. The summed E-state index contributed by atoms with van der Waals surface area (Å²) in [4.78, 5) is 60.5. The maximum Gasteiger partial charge on any atom is 0.478 e. The van der Waals surface area contributed by atoms with Crippen LogP contribution in [0.4, 0.5) is 4.39 Å². The third-order valence-corrected chi connectivity index (χ3v) is 7.26. The van der Waals surface area contributed by atoms with Crippen LogP contribution in [0.15, 0.2) is 27.0 Å². The van der Waals surface area contributed by atoms with Crippen LogP contribution in [-0.4, -0.2) is 70.8 Å². The Labute approximate surface area is 229 Å². The van der Waals surface area contributed by atoms with Crippen molar-refractivity contribution < 1.29 is 46.7 Å². The van der Waals surface area contributed by atoms with Crippen molar-refractivity contribution in [3.63, 3.8) is 0 Å². The predicted molar refractivity (Wildman–Crippen MR) is 138 cm³/mol. The smallest absolute Gasteiger partial charge is 0.438 e. The van der Waals surface area contributed by atoms with Crippen molar-refractivity contribution in [3.8, 4) is 0 Å². The largest absolute Gasteiger partial charge is 0.478 e. The van der Waals surface area contributed by atoms with E-state index in [1.165, 1.54) is 0 Å². The second-order valence-corrected chi connectivity index (χ2v) is 11.1. The molecule has 2 N–H and O–H groups in total. The summed E-state index contributed by atoms with van der Waals surface area (Å²) in [5.74, 6) is -1.82. The van der Waals surface area contributed by atoms with Gasteiger partial charge >= 0.3 is 19.5 Å². The molecule has 0 saturated heterocycles. The number of phosphoric acid groups is 1. The van der Waals surface area contributed by atoms with Gasteiger partial charge in [-0.15, -0.1) is 0 Å². The molecule has 40 heavy (non-hydrogen) atoms. The number of esters is 1. The minimum absolute atomic E-state index is 0.183. The first-order chi connectivity index (χ1) is 18.6. The van der Waals surface area contributed by atoms with Crippen LogP contribution in [0.5, 0.6) is 0 Å². The fourth-order valence-corrected chi connectivity index (χ4v) is 4.44. The molecule has 0 bridgehead atoms. The standard InChI is InChI=1S/C23H37FN3O12P/c1-14(2)18(29)8-10-36-40(34,37-13-35-21(31)15(3)4)39-17(6)23(12-24,16(5)28)38-20(11-25-33)27-9-7-19(30)26-22(27)32/h7,9,14-17,20,28H,8,10-13H2,1-6H3,(H,26,30,32)/t16-,17-,20+,23-,40?/m0/s1. The molecule has 0 saturated carbocycles. The summed E-state index contributed by atoms with van der Waals surface area (Å²) in [5, 5.41) is 13.2. The quantitative estimate of drug-likeness (QED) is 0.102. The molecule has 0 radical (unpaired) electrons. The molecule has 15 nitrogen and oxygen atoms in total. The number of hydrogen-bond acceptors (Lipinski definition) is 13. The number of carbonyl (C=O) groups is 2. The lowest BCUT2D eigenvalue weighted by molar-refractivity contribution is -0.219. The van der Waals surface area contributed by atoms with E-state index in [1.807, 2.05) is 4.98 Å². The molecule has 1 aromatic rings. The monoisotopic (exact) mass is 597 g/mol. The van der Waals surface area contributed by atoms with Gasteiger partial charge in [0, 0.05) is 24.6 Å². The molecule has 0 aliphatic heterocycles. The van der Waals surface area contributed by atoms with Crippen LogP contribution in [0.1, 0.15) is 54.2 Å². The third kappa shape index (κ3) is 10.1. The molecule has 1 unspecified atom stereocenters. The number of Topliss-reactive ketones (excluding diaryl/α,β-unsaturated/α-hetero) is 1. The second-order valence-electron chi connectivity index (χ2n) is 9.43. The van der Waals surface area contributed by atoms with Crippen LogP contribution < -0.4 is 11.2 Å². The molecule has 17 heteroatoms. The number of aliphatic hydroxyl groups excluding tert-OH is 1. The number of rotatable bonds is 19. The molecule has 0 aliphatic rings. The molecular weight excluding hydrogens is 560 g/mol. The number of halogens is 1. The number of hydrogen-bond donors (Lipinski definition) is 2. The van der Waals surface area contributed by atoms with Crippen molar-refractivity contribution in [1.82, 2.24) is 9.55 Å². The average Bonchev–Trinajstić information content (AvgIpc) is 2.86. The zero-order valence-electron chi connectivity index (χ0n) is 23.2. The van der Waals surface area contributed by atoms with Gasteiger partial charge in [-0.25, -0.2) is 18.3 Å². The summed E-state index contributed by atoms with van der Waals surface area (Å²) in [6.45, 7) is 5.04. The zero-order valence-corrected chi connectivity index (χ0v) is 24.1. The van der Waals surface area contributed by atoms with Crippen molar-refractivity contribution in [1.29, 1.82) is 0 Å². The molecule has 0 aromatic carbocycles. The Morgan fingerprint density at radius 3 is 2.30 bits per heavy atom. The van der Waals surface area contributed by atoms with Gasteiger partial charge in [0.1, 0.15) is 25.1 Å². The Morgan fingerprint density at radius 2 is 1.80 bits per heavy atom. The highest BCUT2D eigenvalue weighted by molar-refractivity contribution is 7.48. The lowest BCUT2D eigenvalue weighted by atomic mass is 9.93.